The van der Waals surface area contributed by atoms with Crippen molar-refractivity contribution in [2.24, 2.45) is 5.92 Å². The highest BCUT2D eigenvalue weighted by Crippen LogP contribution is 2.11. The third kappa shape index (κ3) is 22.9. The molecular formula is C30H60N2O16. The Labute approximate surface area is 282 Å². The van der Waals surface area contributed by atoms with E-state index in [9.17, 15) is 40.2 Å². The number of aliphatic hydroxyl groups is 6. The van der Waals surface area contributed by atoms with Crippen molar-refractivity contribution >= 4 is 11.8 Å². The summed E-state index contributed by atoms with van der Waals surface area (Å²) in [5, 5.41) is 62.6. The van der Waals surface area contributed by atoms with E-state index in [2.05, 4.69) is 10.6 Å². The zero-order valence-electron chi connectivity index (χ0n) is 28.9. The summed E-state index contributed by atoms with van der Waals surface area (Å²) in [6, 6.07) is -1.82. The van der Waals surface area contributed by atoms with Gasteiger partial charge in [-0.05, 0) is 13.8 Å². The molecule has 0 spiro atoms. The first kappa shape index (κ1) is 46.4. The number of nitrogens with one attached hydrogen (secondary N) is 2. The predicted octanol–water partition coefficient (Wildman–Crippen LogP) is -3.12. The van der Waals surface area contributed by atoms with E-state index in [-0.39, 0.29) is 45.6 Å². The zero-order chi connectivity index (χ0) is 36.3. The second-order valence-electron chi connectivity index (χ2n) is 11.1. The van der Waals surface area contributed by atoms with E-state index in [1.165, 1.54) is 27.7 Å². The average molecular weight is 705 g/mol. The van der Waals surface area contributed by atoms with Crippen LogP contribution in [0.3, 0.4) is 0 Å². The smallest absolute Gasteiger partial charge is 0.217 e. The van der Waals surface area contributed by atoms with Crippen molar-refractivity contribution in [3.05, 3.63) is 0 Å². The van der Waals surface area contributed by atoms with E-state index in [4.69, 9.17) is 37.9 Å². The normalized spacial score (nSPS) is 17.5. The highest BCUT2D eigenvalue weighted by molar-refractivity contribution is 5.73. The van der Waals surface area contributed by atoms with Crippen molar-refractivity contribution in [2.45, 2.75) is 83.7 Å². The zero-order valence-corrected chi connectivity index (χ0v) is 28.9. The molecule has 0 aromatic rings. The molecule has 48 heavy (non-hydrogen) atoms. The van der Waals surface area contributed by atoms with Gasteiger partial charge >= 0.3 is 0 Å². The summed E-state index contributed by atoms with van der Waals surface area (Å²) in [7, 11) is 0. The Balaban J connectivity index is 4.18. The lowest BCUT2D eigenvalue weighted by Crippen LogP contribution is -2.50. The van der Waals surface area contributed by atoms with Crippen LogP contribution in [-0.4, -0.2) is 184 Å². The van der Waals surface area contributed by atoms with Crippen LogP contribution in [-0.2, 0) is 47.5 Å². The Kier molecular flexibility index (Phi) is 28.2. The fourth-order valence-electron chi connectivity index (χ4n) is 3.89. The summed E-state index contributed by atoms with van der Waals surface area (Å²) in [6.07, 6.45) is -6.21. The van der Waals surface area contributed by atoms with Crippen LogP contribution >= 0.6 is 0 Å². The van der Waals surface area contributed by atoms with E-state index in [0.717, 1.165) is 0 Å². The van der Waals surface area contributed by atoms with E-state index in [0.29, 0.717) is 26.4 Å². The fourth-order valence-corrected chi connectivity index (χ4v) is 3.89. The minimum atomic E-state index is -1.13. The number of rotatable bonds is 32. The van der Waals surface area contributed by atoms with Gasteiger partial charge in [-0.1, -0.05) is 6.92 Å². The maximum atomic E-state index is 11.4. The first-order chi connectivity index (χ1) is 22.9. The molecule has 18 nitrogen and oxygen atoms in total. The van der Waals surface area contributed by atoms with Crippen molar-refractivity contribution in [1.82, 2.24) is 10.6 Å². The molecule has 8 atom stereocenters. The van der Waals surface area contributed by atoms with Crippen LogP contribution in [0.25, 0.3) is 0 Å². The lowest BCUT2D eigenvalue weighted by molar-refractivity contribution is -0.218. The molecule has 0 fully saturated rings. The van der Waals surface area contributed by atoms with Gasteiger partial charge in [0.05, 0.1) is 105 Å². The van der Waals surface area contributed by atoms with Crippen molar-refractivity contribution in [2.75, 3.05) is 92.5 Å². The first-order valence-corrected chi connectivity index (χ1v) is 16.1. The second kappa shape index (κ2) is 29.1. The van der Waals surface area contributed by atoms with Crippen LogP contribution in [0.4, 0.5) is 0 Å². The average Bonchev–Trinajstić information content (AvgIpc) is 3.03. The molecular weight excluding hydrogens is 644 g/mol. The third-order valence-corrected chi connectivity index (χ3v) is 6.45. The van der Waals surface area contributed by atoms with Crippen molar-refractivity contribution in [3.8, 4) is 0 Å². The Morgan fingerprint density at radius 1 is 0.542 bits per heavy atom. The van der Waals surface area contributed by atoms with E-state index in [1.807, 2.05) is 6.92 Å². The van der Waals surface area contributed by atoms with Gasteiger partial charge in [-0.25, -0.2) is 0 Å². The quantitative estimate of drug-likeness (QED) is 0.0255. The number of amides is 2. The molecule has 286 valence electrons. The fraction of sp³-hybridized carbons (Fsp3) is 0.933. The van der Waals surface area contributed by atoms with Crippen LogP contribution < -0.4 is 10.6 Å². The SMILES string of the molecule is CC(=O)N[C@@H](CO)C(OCCOCCOCC(C)COCCOCCOC(OC(CO)[C@@H](C)O)[C@H](CO)NC(C)=O)OC(CO)[C@@H](C)O. The van der Waals surface area contributed by atoms with E-state index < -0.39 is 87.3 Å². The van der Waals surface area contributed by atoms with Gasteiger partial charge < -0.3 is 79.2 Å². The monoisotopic (exact) mass is 704 g/mol. The molecule has 0 heterocycles. The molecule has 0 aliphatic carbocycles. The Hall–Kier alpha value is -1.62. The summed E-state index contributed by atoms with van der Waals surface area (Å²) >= 11 is 0. The number of hydrogen-bond acceptors (Lipinski definition) is 16. The van der Waals surface area contributed by atoms with Gasteiger partial charge in [-0.2, -0.15) is 0 Å². The van der Waals surface area contributed by atoms with Crippen molar-refractivity contribution in [3.63, 3.8) is 0 Å². The molecule has 0 aliphatic heterocycles. The number of hydrogen-bond donors (Lipinski definition) is 8. The third-order valence-electron chi connectivity index (χ3n) is 6.45. The lowest BCUT2D eigenvalue weighted by atomic mass is 10.2. The highest BCUT2D eigenvalue weighted by atomic mass is 16.7. The minimum Gasteiger partial charge on any atom is -0.394 e. The van der Waals surface area contributed by atoms with E-state index in [1.54, 1.807) is 0 Å². The van der Waals surface area contributed by atoms with Crippen LogP contribution in [0.1, 0.15) is 34.6 Å². The number of ether oxygens (including phenoxy) is 8. The van der Waals surface area contributed by atoms with Gasteiger partial charge in [0.2, 0.25) is 11.8 Å². The summed E-state index contributed by atoms with van der Waals surface area (Å²) in [4.78, 5) is 22.9. The second-order valence-corrected chi connectivity index (χ2v) is 11.1. The molecule has 18 heteroatoms. The molecule has 0 aromatic carbocycles. The van der Waals surface area contributed by atoms with Gasteiger partial charge in [-0.15, -0.1) is 0 Å². The Morgan fingerprint density at radius 2 is 0.875 bits per heavy atom. The Bertz CT molecular complexity index is 734. The molecule has 0 saturated carbocycles. The number of aliphatic hydroxyl groups excluding tert-OH is 6. The van der Waals surface area contributed by atoms with E-state index >= 15 is 0 Å². The van der Waals surface area contributed by atoms with Gasteiger partial charge in [-0.3, -0.25) is 9.59 Å². The maximum absolute atomic E-state index is 11.4. The number of carbonyl (C=O) groups excluding carboxylic acids is 2. The van der Waals surface area contributed by atoms with Crippen LogP contribution in [0.5, 0.6) is 0 Å². The molecule has 4 unspecified atom stereocenters. The molecule has 0 rings (SSSR count). The van der Waals surface area contributed by atoms with Crippen LogP contribution in [0, 0.1) is 5.92 Å². The molecule has 0 aliphatic rings. The predicted molar refractivity (Wildman–Crippen MR) is 169 cm³/mol. The molecule has 0 bridgehead atoms. The lowest BCUT2D eigenvalue weighted by Gasteiger charge is -2.30. The summed E-state index contributed by atoms with van der Waals surface area (Å²) < 4.78 is 44.6. The van der Waals surface area contributed by atoms with Gasteiger partial charge in [0, 0.05) is 19.8 Å². The van der Waals surface area contributed by atoms with Crippen molar-refractivity contribution < 1.29 is 78.1 Å². The first-order valence-electron chi connectivity index (χ1n) is 16.1. The molecule has 8 N–H and O–H groups in total. The summed E-state index contributed by atoms with van der Waals surface area (Å²) in [6.45, 7) is 8.00. The largest absolute Gasteiger partial charge is 0.394 e. The summed E-state index contributed by atoms with van der Waals surface area (Å²) in [5.74, 6) is -0.715. The van der Waals surface area contributed by atoms with Crippen LogP contribution in [0.2, 0.25) is 0 Å². The molecule has 0 radical (unpaired) electrons. The molecule has 0 saturated heterocycles. The molecule has 2 amide bonds. The van der Waals surface area contributed by atoms with Gasteiger partial charge in [0.1, 0.15) is 24.3 Å². The van der Waals surface area contributed by atoms with Crippen LogP contribution in [0.15, 0.2) is 0 Å². The van der Waals surface area contributed by atoms with Gasteiger partial charge in [0.15, 0.2) is 12.6 Å². The number of carbonyl (C=O) groups is 2. The summed E-state index contributed by atoms with van der Waals surface area (Å²) in [5.41, 5.74) is 0. The standard InChI is InChI=1S/C30H60N2O16/c1-20(18-43-8-6-41-10-12-45-29(25(14-33)31-23(4)39)47-27(16-35)21(2)37)19-44-9-7-42-11-13-46-30(26(15-34)32-24(5)40)48-28(17-36)22(3)38/h20-22,25-30,33-38H,6-19H2,1-5H3,(H,31,39)(H,32,40)/t20?,21-,22-,25+,26+,27?,28?,29?,30?/m1/s1. The van der Waals surface area contributed by atoms with Crippen molar-refractivity contribution in [1.29, 1.82) is 0 Å². The topological polar surface area (TPSA) is 253 Å². The minimum absolute atomic E-state index is 0.0545. The van der Waals surface area contributed by atoms with Gasteiger partial charge in [0.25, 0.3) is 0 Å². The highest BCUT2D eigenvalue weighted by Gasteiger charge is 2.29. The molecule has 0 aromatic heterocycles. The Morgan fingerprint density at radius 3 is 1.17 bits per heavy atom. The maximum Gasteiger partial charge on any atom is 0.217 e.